The summed E-state index contributed by atoms with van der Waals surface area (Å²) < 4.78 is 5.07. The van der Waals surface area contributed by atoms with Crippen LogP contribution in [0, 0.1) is 0 Å². The Kier molecular flexibility index (Phi) is 6.31. The largest absolute Gasteiger partial charge is 0.389 e. The Balaban J connectivity index is 1.52. The van der Waals surface area contributed by atoms with Crippen molar-refractivity contribution in [2.75, 3.05) is 50.5 Å². The predicted octanol–water partition coefficient (Wildman–Crippen LogP) is 2.48. The van der Waals surface area contributed by atoms with Gasteiger partial charge in [-0.1, -0.05) is 35.3 Å². The predicted molar refractivity (Wildman–Crippen MR) is 118 cm³/mol. The summed E-state index contributed by atoms with van der Waals surface area (Å²) in [6.45, 7) is 3.55. The first-order valence-corrected chi connectivity index (χ1v) is 10.8. The molecule has 8 nitrogen and oxygen atoms in total. The lowest BCUT2D eigenvalue weighted by molar-refractivity contribution is -0.0639. The fraction of sp³-hybridized carbons (Fsp3) is 0.550. The second-order valence-corrected chi connectivity index (χ2v) is 8.79. The molecular formula is C20H26Cl2N6O2. The number of ether oxygens (including phenoxy) is 1. The van der Waals surface area contributed by atoms with Crippen LogP contribution in [-0.4, -0.2) is 76.7 Å². The summed E-state index contributed by atoms with van der Waals surface area (Å²) >= 11 is 12.4. The summed E-state index contributed by atoms with van der Waals surface area (Å²) in [5, 5.41) is 19.6. The van der Waals surface area contributed by atoms with Crippen molar-refractivity contribution in [2.45, 2.75) is 30.9 Å². The fourth-order valence-electron chi connectivity index (χ4n) is 4.46. The van der Waals surface area contributed by atoms with Gasteiger partial charge in [0, 0.05) is 44.4 Å². The van der Waals surface area contributed by atoms with Gasteiger partial charge in [0.15, 0.2) is 5.82 Å². The molecule has 0 bridgehead atoms. The summed E-state index contributed by atoms with van der Waals surface area (Å²) in [5.74, 6) is 0.780. The molecule has 2 aliphatic heterocycles. The molecule has 2 unspecified atom stereocenters. The lowest BCUT2D eigenvalue weighted by atomic mass is 9.77. The van der Waals surface area contributed by atoms with E-state index in [0.29, 0.717) is 40.4 Å². The highest BCUT2D eigenvalue weighted by Gasteiger charge is 2.48. The van der Waals surface area contributed by atoms with E-state index in [0.717, 1.165) is 38.9 Å². The van der Waals surface area contributed by atoms with E-state index in [-0.39, 0.29) is 11.4 Å². The Hall–Kier alpha value is -1.71. The minimum absolute atomic E-state index is 0.0278. The first-order valence-electron chi connectivity index (χ1n) is 10.0. The summed E-state index contributed by atoms with van der Waals surface area (Å²) in [4.78, 5) is 9.00. The molecule has 30 heavy (non-hydrogen) atoms. The van der Waals surface area contributed by atoms with Crippen molar-refractivity contribution in [3.05, 3.63) is 28.2 Å². The number of benzene rings is 1. The highest BCUT2D eigenvalue weighted by Crippen LogP contribution is 2.40. The van der Waals surface area contributed by atoms with Crippen LogP contribution in [0.4, 0.5) is 11.8 Å². The standard InChI is InChI=1S/C20H26Cl2N6O2/c1-30-11-13(29)10-28-9-7-20(28)6-3-8-27(12-20)19-24-18(23)17(25-26-19)14-4-2-5-15(21)16(14)22/h2,4-5,13,29H,3,6-12H2,1H3,(H2,23,24,26). The second-order valence-electron chi connectivity index (χ2n) is 8.00. The number of rotatable bonds is 6. The van der Waals surface area contributed by atoms with Crippen LogP contribution in [-0.2, 0) is 4.74 Å². The molecule has 1 aromatic heterocycles. The lowest BCUT2D eigenvalue weighted by Gasteiger charge is -2.57. The van der Waals surface area contributed by atoms with Crippen molar-refractivity contribution in [1.29, 1.82) is 0 Å². The number of methoxy groups -OCH3 is 1. The van der Waals surface area contributed by atoms with E-state index in [1.807, 2.05) is 0 Å². The van der Waals surface area contributed by atoms with Crippen molar-refractivity contribution in [3.8, 4) is 11.3 Å². The van der Waals surface area contributed by atoms with E-state index >= 15 is 0 Å². The van der Waals surface area contributed by atoms with Crippen LogP contribution in [0.15, 0.2) is 18.2 Å². The van der Waals surface area contributed by atoms with Gasteiger partial charge < -0.3 is 20.5 Å². The average Bonchev–Trinajstić information content (AvgIpc) is 2.74. The van der Waals surface area contributed by atoms with Crippen LogP contribution in [0.1, 0.15) is 19.3 Å². The number of hydrogen-bond donors (Lipinski definition) is 2. The van der Waals surface area contributed by atoms with Gasteiger partial charge in [-0.25, -0.2) is 0 Å². The Labute approximate surface area is 185 Å². The number of aliphatic hydroxyl groups is 1. The number of aromatic nitrogens is 3. The van der Waals surface area contributed by atoms with Crippen LogP contribution in [0.3, 0.4) is 0 Å². The minimum Gasteiger partial charge on any atom is -0.389 e. The molecule has 3 heterocycles. The molecule has 162 valence electrons. The van der Waals surface area contributed by atoms with Crippen LogP contribution in [0.5, 0.6) is 0 Å². The van der Waals surface area contributed by atoms with Crippen LogP contribution >= 0.6 is 23.2 Å². The van der Waals surface area contributed by atoms with E-state index in [2.05, 4.69) is 25.0 Å². The zero-order valence-electron chi connectivity index (χ0n) is 16.9. The average molecular weight is 453 g/mol. The molecule has 4 rings (SSSR count). The highest BCUT2D eigenvalue weighted by atomic mass is 35.5. The Bertz CT molecular complexity index is 917. The molecule has 2 aliphatic rings. The molecule has 0 saturated carbocycles. The summed E-state index contributed by atoms with van der Waals surface area (Å²) in [5.41, 5.74) is 7.28. The molecule has 2 fully saturated rings. The number of likely N-dealkylation sites (tertiary alicyclic amines) is 1. The third-order valence-electron chi connectivity index (χ3n) is 6.06. The second kappa shape index (κ2) is 8.80. The summed E-state index contributed by atoms with van der Waals surface area (Å²) in [6.07, 6.45) is 2.70. The van der Waals surface area contributed by atoms with Crippen molar-refractivity contribution in [2.24, 2.45) is 0 Å². The SMILES string of the molecule is COCC(O)CN1CCC12CCCN(c1nnc(-c3cccc(Cl)c3Cl)c(N)n1)C2. The Morgan fingerprint density at radius 1 is 1.27 bits per heavy atom. The zero-order chi connectivity index (χ0) is 21.3. The number of anilines is 2. The molecule has 1 spiro atoms. The van der Waals surface area contributed by atoms with Crippen molar-refractivity contribution < 1.29 is 9.84 Å². The van der Waals surface area contributed by atoms with E-state index < -0.39 is 6.10 Å². The molecule has 3 N–H and O–H groups in total. The van der Waals surface area contributed by atoms with Crippen molar-refractivity contribution in [1.82, 2.24) is 20.1 Å². The molecule has 0 radical (unpaired) electrons. The molecule has 2 atom stereocenters. The maximum absolute atomic E-state index is 10.1. The minimum atomic E-state index is -0.488. The number of nitrogen functional groups attached to an aromatic ring is 1. The molecule has 0 aliphatic carbocycles. The van der Waals surface area contributed by atoms with Gasteiger partial charge >= 0.3 is 0 Å². The van der Waals surface area contributed by atoms with E-state index in [9.17, 15) is 5.11 Å². The van der Waals surface area contributed by atoms with Crippen LogP contribution in [0.2, 0.25) is 10.0 Å². The monoisotopic (exact) mass is 452 g/mol. The third kappa shape index (κ3) is 4.07. The van der Waals surface area contributed by atoms with Gasteiger partial charge in [0.25, 0.3) is 0 Å². The Morgan fingerprint density at radius 2 is 2.10 bits per heavy atom. The number of piperidine rings is 1. The van der Waals surface area contributed by atoms with Gasteiger partial charge in [-0.3, -0.25) is 4.90 Å². The molecular weight excluding hydrogens is 427 g/mol. The number of nitrogens with two attached hydrogens (primary N) is 1. The van der Waals surface area contributed by atoms with Gasteiger partial charge in [-0.05, 0) is 25.3 Å². The smallest absolute Gasteiger partial charge is 0.247 e. The molecule has 2 saturated heterocycles. The van der Waals surface area contributed by atoms with Gasteiger partial charge in [-0.2, -0.15) is 4.98 Å². The molecule has 1 aromatic carbocycles. The number of aliphatic hydroxyl groups excluding tert-OH is 1. The first kappa shape index (κ1) is 21.5. The normalized spacial score (nSPS) is 22.9. The highest BCUT2D eigenvalue weighted by molar-refractivity contribution is 6.43. The molecule has 0 amide bonds. The summed E-state index contributed by atoms with van der Waals surface area (Å²) in [7, 11) is 1.60. The van der Waals surface area contributed by atoms with Crippen molar-refractivity contribution >= 4 is 35.0 Å². The fourth-order valence-corrected chi connectivity index (χ4v) is 4.85. The topological polar surface area (TPSA) is 101 Å². The van der Waals surface area contributed by atoms with Crippen LogP contribution in [0.25, 0.3) is 11.3 Å². The van der Waals surface area contributed by atoms with Gasteiger partial charge in [-0.15, -0.1) is 10.2 Å². The molecule has 10 heteroatoms. The van der Waals surface area contributed by atoms with Gasteiger partial charge in [0.1, 0.15) is 5.69 Å². The van der Waals surface area contributed by atoms with E-state index in [1.54, 1.807) is 25.3 Å². The maximum atomic E-state index is 10.1. The van der Waals surface area contributed by atoms with E-state index in [1.165, 1.54) is 0 Å². The maximum Gasteiger partial charge on any atom is 0.247 e. The Morgan fingerprint density at radius 3 is 2.80 bits per heavy atom. The number of hydrogen-bond acceptors (Lipinski definition) is 8. The van der Waals surface area contributed by atoms with Gasteiger partial charge in [0.2, 0.25) is 5.95 Å². The number of β-amino-alcohol motifs (C(OH)–C–C–N with tert-alkyl or cyclic N) is 1. The quantitative estimate of drug-likeness (QED) is 0.688. The van der Waals surface area contributed by atoms with Crippen LogP contribution < -0.4 is 10.6 Å². The van der Waals surface area contributed by atoms with E-state index in [4.69, 9.17) is 33.7 Å². The van der Waals surface area contributed by atoms with Gasteiger partial charge in [0.05, 0.1) is 22.8 Å². The molecule has 2 aromatic rings. The third-order valence-corrected chi connectivity index (χ3v) is 6.87. The first-order chi connectivity index (χ1) is 14.4. The number of halogens is 2. The zero-order valence-corrected chi connectivity index (χ0v) is 18.4. The summed E-state index contributed by atoms with van der Waals surface area (Å²) in [6, 6.07) is 5.29. The number of nitrogens with zero attached hydrogens (tertiary/aromatic N) is 5. The van der Waals surface area contributed by atoms with Crippen molar-refractivity contribution in [3.63, 3.8) is 0 Å². The lowest BCUT2D eigenvalue weighted by Crippen LogP contribution is -2.68.